The number of ether oxygens (including phenoxy) is 1. The number of carbonyl (C=O) groups excluding carboxylic acids is 1. The highest BCUT2D eigenvalue weighted by Gasteiger charge is 2.25. The van der Waals surface area contributed by atoms with E-state index in [0.29, 0.717) is 0 Å². The van der Waals surface area contributed by atoms with Crippen LogP contribution in [0.15, 0.2) is 30.3 Å². The van der Waals surface area contributed by atoms with Crippen LogP contribution in [0.25, 0.3) is 0 Å². The Morgan fingerprint density at radius 1 is 1.44 bits per heavy atom. The SMILES string of the molecule is CC(OC(=O)[C@H]1CCCN1)c1ccccc1. The Labute approximate surface area is 95.8 Å². The van der Waals surface area contributed by atoms with Gasteiger partial charge in [0.2, 0.25) is 0 Å². The summed E-state index contributed by atoms with van der Waals surface area (Å²) in [6.07, 6.45) is 1.77. The Morgan fingerprint density at radius 3 is 2.81 bits per heavy atom. The van der Waals surface area contributed by atoms with E-state index in [2.05, 4.69) is 5.32 Å². The van der Waals surface area contributed by atoms with Gasteiger partial charge >= 0.3 is 5.97 Å². The third-order valence-electron chi connectivity index (χ3n) is 2.91. The van der Waals surface area contributed by atoms with E-state index in [9.17, 15) is 4.79 Å². The van der Waals surface area contributed by atoms with Crippen molar-refractivity contribution < 1.29 is 9.53 Å². The molecule has 1 aromatic rings. The molecule has 2 atom stereocenters. The Hall–Kier alpha value is -1.35. The summed E-state index contributed by atoms with van der Waals surface area (Å²) in [4.78, 5) is 11.7. The van der Waals surface area contributed by atoms with E-state index in [0.717, 1.165) is 24.9 Å². The van der Waals surface area contributed by atoms with Gasteiger partial charge in [-0.05, 0) is 31.9 Å². The number of carbonyl (C=O) groups is 1. The summed E-state index contributed by atoms with van der Waals surface area (Å²) in [5.74, 6) is -0.131. The fourth-order valence-corrected chi connectivity index (χ4v) is 1.93. The van der Waals surface area contributed by atoms with Crippen molar-refractivity contribution in [1.82, 2.24) is 5.32 Å². The van der Waals surface area contributed by atoms with Crippen LogP contribution in [0.5, 0.6) is 0 Å². The van der Waals surface area contributed by atoms with E-state index in [4.69, 9.17) is 4.74 Å². The summed E-state index contributed by atoms with van der Waals surface area (Å²) >= 11 is 0. The molecule has 0 radical (unpaired) electrons. The predicted molar refractivity (Wildman–Crippen MR) is 62.0 cm³/mol. The van der Waals surface area contributed by atoms with E-state index in [-0.39, 0.29) is 18.1 Å². The van der Waals surface area contributed by atoms with Gasteiger partial charge in [0.15, 0.2) is 0 Å². The lowest BCUT2D eigenvalue weighted by molar-refractivity contribution is -0.150. The van der Waals surface area contributed by atoms with Crippen LogP contribution in [0.1, 0.15) is 31.4 Å². The maximum atomic E-state index is 11.7. The fourth-order valence-electron chi connectivity index (χ4n) is 1.93. The normalized spacial score (nSPS) is 21.7. The first-order chi connectivity index (χ1) is 7.77. The second kappa shape index (κ2) is 5.12. The molecule has 86 valence electrons. The minimum atomic E-state index is -0.170. The molecule has 2 rings (SSSR count). The minimum Gasteiger partial charge on any atom is -0.457 e. The number of esters is 1. The number of hydrogen-bond acceptors (Lipinski definition) is 3. The lowest BCUT2D eigenvalue weighted by Crippen LogP contribution is -2.32. The summed E-state index contributed by atoms with van der Waals surface area (Å²) in [5.41, 5.74) is 1.04. The van der Waals surface area contributed by atoms with Crippen LogP contribution < -0.4 is 5.32 Å². The Morgan fingerprint density at radius 2 is 2.19 bits per heavy atom. The quantitative estimate of drug-likeness (QED) is 0.791. The molecule has 0 amide bonds. The van der Waals surface area contributed by atoms with E-state index >= 15 is 0 Å². The fraction of sp³-hybridized carbons (Fsp3) is 0.462. The molecule has 1 heterocycles. The lowest BCUT2D eigenvalue weighted by atomic mass is 10.1. The topological polar surface area (TPSA) is 38.3 Å². The van der Waals surface area contributed by atoms with Crippen LogP contribution in [0.4, 0.5) is 0 Å². The van der Waals surface area contributed by atoms with Gasteiger partial charge in [-0.3, -0.25) is 4.79 Å². The molecule has 0 spiro atoms. The van der Waals surface area contributed by atoms with Crippen molar-refractivity contribution in [1.29, 1.82) is 0 Å². The summed E-state index contributed by atoms with van der Waals surface area (Å²) in [6, 6.07) is 9.70. The van der Waals surface area contributed by atoms with Gasteiger partial charge in [-0.1, -0.05) is 30.3 Å². The molecule has 16 heavy (non-hydrogen) atoms. The van der Waals surface area contributed by atoms with Gasteiger partial charge in [0.05, 0.1) is 0 Å². The van der Waals surface area contributed by atoms with Crippen LogP contribution in [0, 0.1) is 0 Å². The molecule has 1 N–H and O–H groups in total. The van der Waals surface area contributed by atoms with Crippen molar-refractivity contribution in [2.24, 2.45) is 0 Å². The van der Waals surface area contributed by atoms with Crippen molar-refractivity contribution >= 4 is 5.97 Å². The molecule has 1 aromatic carbocycles. The molecule has 1 saturated heterocycles. The van der Waals surface area contributed by atoms with Gasteiger partial charge in [-0.2, -0.15) is 0 Å². The lowest BCUT2D eigenvalue weighted by Gasteiger charge is -2.16. The average molecular weight is 219 g/mol. The maximum Gasteiger partial charge on any atom is 0.323 e. The summed E-state index contributed by atoms with van der Waals surface area (Å²) in [5, 5.41) is 3.14. The number of hydrogen-bond donors (Lipinski definition) is 1. The van der Waals surface area contributed by atoms with Crippen LogP contribution in [0.2, 0.25) is 0 Å². The Balaban J connectivity index is 1.92. The smallest absolute Gasteiger partial charge is 0.323 e. The van der Waals surface area contributed by atoms with Crippen molar-refractivity contribution in [2.45, 2.75) is 31.9 Å². The van der Waals surface area contributed by atoms with Crippen molar-refractivity contribution in [2.75, 3.05) is 6.54 Å². The third-order valence-corrected chi connectivity index (χ3v) is 2.91. The Kier molecular flexibility index (Phi) is 3.57. The van der Waals surface area contributed by atoms with Crippen LogP contribution >= 0.6 is 0 Å². The molecule has 0 aromatic heterocycles. The van der Waals surface area contributed by atoms with E-state index in [1.807, 2.05) is 37.3 Å². The molecule has 1 aliphatic rings. The van der Waals surface area contributed by atoms with Gasteiger partial charge in [0.25, 0.3) is 0 Å². The molecule has 3 nitrogen and oxygen atoms in total. The molecule has 0 saturated carbocycles. The highest BCUT2D eigenvalue weighted by Crippen LogP contribution is 2.18. The maximum absolute atomic E-state index is 11.7. The zero-order chi connectivity index (χ0) is 11.4. The van der Waals surface area contributed by atoms with Crippen molar-refractivity contribution in [3.63, 3.8) is 0 Å². The minimum absolute atomic E-state index is 0.105. The van der Waals surface area contributed by atoms with Gasteiger partial charge in [-0.25, -0.2) is 0 Å². The van der Waals surface area contributed by atoms with Gasteiger partial charge in [-0.15, -0.1) is 0 Å². The third kappa shape index (κ3) is 2.61. The van der Waals surface area contributed by atoms with Crippen LogP contribution in [0.3, 0.4) is 0 Å². The molecular formula is C13H17NO2. The second-order valence-electron chi connectivity index (χ2n) is 4.14. The average Bonchev–Trinajstić information content (AvgIpc) is 2.83. The first kappa shape index (κ1) is 11.1. The van der Waals surface area contributed by atoms with Crippen LogP contribution in [-0.4, -0.2) is 18.6 Å². The molecular weight excluding hydrogens is 202 g/mol. The standard InChI is InChI=1S/C13H17NO2/c1-10(11-6-3-2-4-7-11)16-13(15)12-8-5-9-14-12/h2-4,6-7,10,12,14H,5,8-9H2,1H3/t10?,12-/m1/s1. The van der Waals surface area contributed by atoms with E-state index < -0.39 is 0 Å². The predicted octanol–water partition coefficient (Wildman–Crippen LogP) is 2.04. The molecule has 0 bridgehead atoms. The highest BCUT2D eigenvalue weighted by atomic mass is 16.5. The van der Waals surface area contributed by atoms with Gasteiger partial charge < -0.3 is 10.1 Å². The van der Waals surface area contributed by atoms with Crippen LogP contribution in [-0.2, 0) is 9.53 Å². The van der Waals surface area contributed by atoms with Gasteiger partial charge in [0, 0.05) is 0 Å². The number of nitrogens with one attached hydrogen (secondary N) is 1. The molecule has 1 aliphatic heterocycles. The first-order valence-corrected chi connectivity index (χ1v) is 5.76. The summed E-state index contributed by atoms with van der Waals surface area (Å²) < 4.78 is 5.42. The Bertz CT molecular complexity index is 344. The van der Waals surface area contributed by atoms with Gasteiger partial charge in [0.1, 0.15) is 12.1 Å². The zero-order valence-corrected chi connectivity index (χ0v) is 9.48. The zero-order valence-electron chi connectivity index (χ0n) is 9.48. The molecule has 1 fully saturated rings. The van der Waals surface area contributed by atoms with E-state index in [1.54, 1.807) is 0 Å². The van der Waals surface area contributed by atoms with Crippen molar-refractivity contribution in [3.8, 4) is 0 Å². The largest absolute Gasteiger partial charge is 0.457 e. The first-order valence-electron chi connectivity index (χ1n) is 5.76. The number of benzene rings is 1. The molecule has 1 unspecified atom stereocenters. The summed E-state index contributed by atoms with van der Waals surface area (Å²) in [6.45, 7) is 2.82. The second-order valence-corrected chi connectivity index (χ2v) is 4.14. The monoisotopic (exact) mass is 219 g/mol. The van der Waals surface area contributed by atoms with E-state index in [1.165, 1.54) is 0 Å². The summed E-state index contributed by atoms with van der Waals surface area (Å²) in [7, 11) is 0. The molecule has 3 heteroatoms. The molecule has 0 aliphatic carbocycles. The van der Waals surface area contributed by atoms with Crippen molar-refractivity contribution in [3.05, 3.63) is 35.9 Å². The number of rotatable bonds is 3. The highest BCUT2D eigenvalue weighted by molar-refractivity contribution is 5.76.